The van der Waals surface area contributed by atoms with E-state index in [9.17, 15) is 13.2 Å². The molecule has 1 saturated heterocycles. The SMILES string of the molecule is CC1CCCCN1S(=O)(=O)NCc1cn(CC(=O)O)nn1. The van der Waals surface area contributed by atoms with Gasteiger partial charge in [-0.15, -0.1) is 5.10 Å². The number of carboxylic acid groups (broad SMARTS) is 1. The van der Waals surface area contributed by atoms with E-state index < -0.39 is 16.2 Å². The Labute approximate surface area is 123 Å². The number of aliphatic carboxylic acids is 1. The smallest absolute Gasteiger partial charge is 0.325 e. The number of nitrogens with one attached hydrogen (secondary N) is 1. The molecule has 1 aliphatic heterocycles. The van der Waals surface area contributed by atoms with Gasteiger partial charge in [-0.1, -0.05) is 11.6 Å². The maximum absolute atomic E-state index is 12.2. The fraction of sp³-hybridized carbons (Fsp3) is 0.727. The minimum Gasteiger partial charge on any atom is -0.480 e. The van der Waals surface area contributed by atoms with Gasteiger partial charge in [-0.05, 0) is 19.8 Å². The Kier molecular flexibility index (Phi) is 4.91. The topological polar surface area (TPSA) is 117 Å². The summed E-state index contributed by atoms with van der Waals surface area (Å²) in [6.07, 6.45) is 4.17. The third kappa shape index (κ3) is 4.22. The quantitative estimate of drug-likeness (QED) is 0.735. The maximum atomic E-state index is 12.2. The van der Waals surface area contributed by atoms with Gasteiger partial charge in [0.25, 0.3) is 10.2 Å². The first-order valence-corrected chi connectivity index (χ1v) is 8.20. The molecule has 2 heterocycles. The van der Waals surface area contributed by atoms with E-state index >= 15 is 0 Å². The minimum atomic E-state index is -3.55. The molecule has 21 heavy (non-hydrogen) atoms. The van der Waals surface area contributed by atoms with Gasteiger partial charge in [0.2, 0.25) is 0 Å². The molecule has 9 nitrogen and oxygen atoms in total. The van der Waals surface area contributed by atoms with Crippen LogP contribution in [0.15, 0.2) is 6.20 Å². The number of hydrogen-bond acceptors (Lipinski definition) is 5. The minimum absolute atomic E-state index is 0.00876. The fourth-order valence-corrected chi connectivity index (χ4v) is 3.76. The molecule has 0 spiro atoms. The van der Waals surface area contributed by atoms with Crippen LogP contribution in [0.2, 0.25) is 0 Å². The number of aromatic nitrogens is 3. The molecular formula is C11H19N5O4S. The molecule has 118 valence electrons. The van der Waals surface area contributed by atoms with Crippen molar-refractivity contribution in [3.63, 3.8) is 0 Å². The zero-order valence-corrected chi connectivity index (χ0v) is 12.6. The van der Waals surface area contributed by atoms with Gasteiger partial charge in [0.15, 0.2) is 0 Å². The van der Waals surface area contributed by atoms with Crippen LogP contribution in [0.4, 0.5) is 0 Å². The van der Waals surface area contributed by atoms with Crippen molar-refractivity contribution in [1.82, 2.24) is 24.0 Å². The van der Waals surface area contributed by atoms with Gasteiger partial charge in [-0.25, -0.2) is 4.68 Å². The molecule has 1 unspecified atom stereocenters. The van der Waals surface area contributed by atoms with Crippen LogP contribution >= 0.6 is 0 Å². The van der Waals surface area contributed by atoms with E-state index in [1.54, 1.807) is 0 Å². The average Bonchev–Trinajstić information content (AvgIpc) is 2.84. The van der Waals surface area contributed by atoms with Gasteiger partial charge in [0.05, 0.1) is 18.4 Å². The van der Waals surface area contributed by atoms with E-state index in [-0.39, 0.29) is 19.1 Å². The molecule has 1 aromatic heterocycles. The molecule has 0 aromatic carbocycles. The van der Waals surface area contributed by atoms with Gasteiger partial charge < -0.3 is 5.11 Å². The van der Waals surface area contributed by atoms with Crippen LogP contribution in [-0.2, 0) is 28.1 Å². The first-order valence-electron chi connectivity index (χ1n) is 6.76. The van der Waals surface area contributed by atoms with Gasteiger partial charge in [-0.2, -0.15) is 17.4 Å². The molecule has 0 saturated carbocycles. The third-order valence-corrected chi connectivity index (χ3v) is 5.04. The van der Waals surface area contributed by atoms with Crippen LogP contribution < -0.4 is 4.72 Å². The molecule has 0 amide bonds. The van der Waals surface area contributed by atoms with E-state index in [1.807, 2.05) is 6.92 Å². The molecule has 1 atom stereocenters. The highest BCUT2D eigenvalue weighted by molar-refractivity contribution is 7.87. The third-order valence-electron chi connectivity index (χ3n) is 3.37. The van der Waals surface area contributed by atoms with Crippen molar-refractivity contribution in [3.05, 3.63) is 11.9 Å². The summed E-state index contributed by atoms with van der Waals surface area (Å²) in [5.41, 5.74) is 0.379. The monoisotopic (exact) mass is 317 g/mol. The Morgan fingerprint density at radius 3 is 2.95 bits per heavy atom. The summed E-state index contributed by atoms with van der Waals surface area (Å²) in [4.78, 5) is 10.5. The number of piperidine rings is 1. The summed E-state index contributed by atoms with van der Waals surface area (Å²) in [6, 6.07) is -0.0149. The van der Waals surface area contributed by atoms with Crippen molar-refractivity contribution >= 4 is 16.2 Å². The Morgan fingerprint density at radius 2 is 2.29 bits per heavy atom. The largest absolute Gasteiger partial charge is 0.480 e. The number of rotatable bonds is 6. The van der Waals surface area contributed by atoms with Crippen LogP contribution in [0.25, 0.3) is 0 Å². The van der Waals surface area contributed by atoms with E-state index in [2.05, 4.69) is 15.0 Å². The van der Waals surface area contributed by atoms with Gasteiger partial charge in [0, 0.05) is 12.6 Å². The van der Waals surface area contributed by atoms with Crippen molar-refractivity contribution in [3.8, 4) is 0 Å². The second-order valence-electron chi connectivity index (χ2n) is 5.08. The molecule has 0 bridgehead atoms. The lowest BCUT2D eigenvalue weighted by Gasteiger charge is -2.32. The highest BCUT2D eigenvalue weighted by Gasteiger charge is 2.29. The van der Waals surface area contributed by atoms with Crippen molar-refractivity contribution in [2.75, 3.05) is 6.54 Å². The molecule has 2 N–H and O–H groups in total. The van der Waals surface area contributed by atoms with Crippen LogP contribution in [0.3, 0.4) is 0 Å². The Hall–Kier alpha value is -1.52. The number of carbonyl (C=O) groups is 1. The standard InChI is InChI=1S/C11H19N5O4S/c1-9-4-2-3-5-16(9)21(19,20)12-6-10-7-15(14-13-10)8-11(17)18/h7,9,12H,2-6,8H2,1H3,(H,17,18). The highest BCUT2D eigenvalue weighted by atomic mass is 32.2. The van der Waals surface area contributed by atoms with Crippen molar-refractivity contribution in [2.45, 2.75) is 45.3 Å². The molecule has 0 radical (unpaired) electrons. The van der Waals surface area contributed by atoms with E-state index in [1.165, 1.54) is 10.5 Å². The molecule has 2 rings (SSSR count). The summed E-state index contributed by atoms with van der Waals surface area (Å²) >= 11 is 0. The lowest BCUT2D eigenvalue weighted by atomic mass is 10.1. The van der Waals surface area contributed by atoms with Gasteiger partial charge in [-0.3, -0.25) is 4.79 Å². The zero-order chi connectivity index (χ0) is 15.5. The first kappa shape index (κ1) is 15.9. The van der Waals surface area contributed by atoms with E-state index in [4.69, 9.17) is 5.11 Å². The van der Waals surface area contributed by atoms with Gasteiger partial charge >= 0.3 is 5.97 Å². The Morgan fingerprint density at radius 1 is 1.52 bits per heavy atom. The lowest BCUT2D eigenvalue weighted by molar-refractivity contribution is -0.137. The highest BCUT2D eigenvalue weighted by Crippen LogP contribution is 2.19. The van der Waals surface area contributed by atoms with Crippen LogP contribution in [-0.4, -0.2) is 51.4 Å². The van der Waals surface area contributed by atoms with Crippen molar-refractivity contribution < 1.29 is 18.3 Å². The summed E-state index contributed by atoms with van der Waals surface area (Å²) in [6.45, 7) is 2.10. The molecule has 1 aromatic rings. The predicted octanol–water partition coefficient (Wildman–Crippen LogP) is -0.428. The number of carboxylic acids is 1. The number of hydrogen-bond donors (Lipinski definition) is 2. The average molecular weight is 317 g/mol. The molecule has 10 heteroatoms. The van der Waals surface area contributed by atoms with Gasteiger partial charge in [0.1, 0.15) is 6.54 Å². The molecular weight excluding hydrogens is 298 g/mol. The van der Waals surface area contributed by atoms with E-state index in [0.29, 0.717) is 12.2 Å². The maximum Gasteiger partial charge on any atom is 0.325 e. The van der Waals surface area contributed by atoms with Crippen LogP contribution in [0.5, 0.6) is 0 Å². The summed E-state index contributed by atoms with van der Waals surface area (Å²) in [7, 11) is -3.55. The summed E-state index contributed by atoms with van der Waals surface area (Å²) in [5.74, 6) is -1.03. The van der Waals surface area contributed by atoms with Crippen LogP contribution in [0.1, 0.15) is 31.9 Å². The first-order chi connectivity index (χ1) is 9.88. The van der Waals surface area contributed by atoms with E-state index in [0.717, 1.165) is 23.9 Å². The second kappa shape index (κ2) is 6.50. The molecule has 1 fully saturated rings. The zero-order valence-electron chi connectivity index (χ0n) is 11.8. The number of nitrogens with zero attached hydrogens (tertiary/aromatic N) is 4. The summed E-state index contributed by atoms with van der Waals surface area (Å²) < 4.78 is 29.5. The molecule has 1 aliphatic rings. The Balaban J connectivity index is 1.95. The second-order valence-corrected chi connectivity index (χ2v) is 6.79. The predicted molar refractivity (Wildman–Crippen MR) is 73.4 cm³/mol. The Bertz CT molecular complexity index is 600. The van der Waals surface area contributed by atoms with Crippen molar-refractivity contribution in [1.29, 1.82) is 0 Å². The summed E-state index contributed by atoms with van der Waals surface area (Å²) in [5, 5.41) is 16.0. The molecule has 0 aliphatic carbocycles. The lowest BCUT2D eigenvalue weighted by Crippen LogP contribution is -2.47. The fourth-order valence-electron chi connectivity index (χ4n) is 2.31. The van der Waals surface area contributed by atoms with Crippen LogP contribution in [0, 0.1) is 0 Å². The normalized spacial score (nSPS) is 20.5. The van der Waals surface area contributed by atoms with Crippen molar-refractivity contribution in [2.24, 2.45) is 0 Å².